The maximum atomic E-state index is 10.4. The van der Waals surface area contributed by atoms with Gasteiger partial charge in [0.25, 0.3) is 0 Å². The minimum Gasteiger partial charge on any atom is -0.478 e. The zero-order valence-electron chi connectivity index (χ0n) is 7.70. The van der Waals surface area contributed by atoms with Crippen LogP contribution in [-0.2, 0) is 4.79 Å². The molecule has 0 aromatic rings. The van der Waals surface area contributed by atoms with Crippen molar-refractivity contribution in [3.63, 3.8) is 0 Å². The molecule has 72 valence electrons. The molecule has 0 radical (unpaired) electrons. The Balaban J connectivity index is 2.13. The van der Waals surface area contributed by atoms with Crippen LogP contribution in [0, 0.1) is 0 Å². The first kappa shape index (κ1) is 8.75. The maximum absolute atomic E-state index is 10.4. The van der Waals surface area contributed by atoms with E-state index in [1.165, 1.54) is 18.9 Å². The highest BCUT2D eigenvalue weighted by molar-refractivity contribution is 5.80. The van der Waals surface area contributed by atoms with Gasteiger partial charge >= 0.3 is 5.97 Å². The van der Waals surface area contributed by atoms with Crippen LogP contribution in [0.1, 0.15) is 25.7 Å². The third-order valence-corrected chi connectivity index (χ3v) is 3.24. The van der Waals surface area contributed by atoms with Crippen LogP contribution in [0.25, 0.3) is 0 Å². The molecule has 0 aromatic carbocycles. The van der Waals surface area contributed by atoms with Gasteiger partial charge in [-0.3, -0.25) is 4.90 Å². The topological polar surface area (TPSA) is 40.5 Å². The van der Waals surface area contributed by atoms with Crippen molar-refractivity contribution >= 4 is 5.97 Å². The standard InChI is InChI=1S/C10H15NO2/c12-9(13)3-6-10-4-1-7-11(10)8-2-5-10/h3,6H,1-2,4-5,7-8H2,(H,12,13)/b6-3-. The van der Waals surface area contributed by atoms with Gasteiger partial charge in [-0.05, 0) is 38.8 Å². The first-order valence-corrected chi connectivity index (χ1v) is 4.90. The van der Waals surface area contributed by atoms with E-state index in [0.29, 0.717) is 0 Å². The van der Waals surface area contributed by atoms with E-state index < -0.39 is 5.97 Å². The Morgan fingerprint density at radius 2 is 1.92 bits per heavy atom. The van der Waals surface area contributed by atoms with Crippen LogP contribution in [0.2, 0.25) is 0 Å². The van der Waals surface area contributed by atoms with Gasteiger partial charge in [0, 0.05) is 11.6 Å². The lowest BCUT2D eigenvalue weighted by Gasteiger charge is -2.28. The number of carbonyl (C=O) groups is 1. The molecule has 0 saturated carbocycles. The van der Waals surface area contributed by atoms with Gasteiger partial charge in [-0.15, -0.1) is 0 Å². The Kier molecular flexibility index (Phi) is 2.12. The van der Waals surface area contributed by atoms with Crippen LogP contribution in [0.15, 0.2) is 12.2 Å². The summed E-state index contributed by atoms with van der Waals surface area (Å²) in [5, 5.41) is 8.59. The number of carboxylic acid groups (broad SMARTS) is 1. The molecule has 0 bridgehead atoms. The zero-order chi connectivity index (χ0) is 9.31. The average Bonchev–Trinajstić information content (AvgIpc) is 2.57. The number of rotatable bonds is 2. The fourth-order valence-electron chi connectivity index (χ4n) is 2.65. The predicted molar refractivity (Wildman–Crippen MR) is 49.5 cm³/mol. The average molecular weight is 181 g/mol. The van der Waals surface area contributed by atoms with Crippen molar-refractivity contribution < 1.29 is 9.90 Å². The summed E-state index contributed by atoms with van der Waals surface area (Å²) in [5.41, 5.74) is 0.110. The largest absolute Gasteiger partial charge is 0.478 e. The van der Waals surface area contributed by atoms with Gasteiger partial charge in [0.15, 0.2) is 0 Å². The third kappa shape index (κ3) is 1.48. The second-order valence-electron chi connectivity index (χ2n) is 3.97. The van der Waals surface area contributed by atoms with E-state index in [1.807, 2.05) is 6.08 Å². The van der Waals surface area contributed by atoms with Crippen molar-refractivity contribution in [1.82, 2.24) is 4.90 Å². The number of carboxylic acids is 1. The van der Waals surface area contributed by atoms with Gasteiger partial charge in [-0.25, -0.2) is 4.79 Å². The summed E-state index contributed by atoms with van der Waals surface area (Å²) in [6, 6.07) is 0. The van der Waals surface area contributed by atoms with Gasteiger partial charge in [0.2, 0.25) is 0 Å². The number of hydrogen-bond donors (Lipinski definition) is 1. The first-order valence-electron chi connectivity index (χ1n) is 4.90. The molecule has 3 heteroatoms. The molecular formula is C10H15NO2. The molecule has 0 spiro atoms. The van der Waals surface area contributed by atoms with Crippen molar-refractivity contribution in [1.29, 1.82) is 0 Å². The van der Waals surface area contributed by atoms with E-state index in [4.69, 9.17) is 5.11 Å². The lowest BCUT2D eigenvalue weighted by Crippen LogP contribution is -2.35. The summed E-state index contributed by atoms with van der Waals surface area (Å²) in [7, 11) is 0. The minimum atomic E-state index is -0.826. The van der Waals surface area contributed by atoms with Crippen molar-refractivity contribution in [3.05, 3.63) is 12.2 Å². The predicted octanol–water partition coefficient (Wildman–Crippen LogP) is 1.26. The Morgan fingerprint density at radius 3 is 2.46 bits per heavy atom. The zero-order valence-corrected chi connectivity index (χ0v) is 7.70. The summed E-state index contributed by atoms with van der Waals surface area (Å²) in [4.78, 5) is 12.9. The maximum Gasteiger partial charge on any atom is 0.328 e. The van der Waals surface area contributed by atoms with Gasteiger partial charge in [0.1, 0.15) is 0 Å². The lowest BCUT2D eigenvalue weighted by atomic mass is 9.94. The van der Waals surface area contributed by atoms with Crippen LogP contribution in [-0.4, -0.2) is 34.6 Å². The van der Waals surface area contributed by atoms with Crippen LogP contribution in [0.4, 0.5) is 0 Å². The van der Waals surface area contributed by atoms with E-state index in [2.05, 4.69) is 4.90 Å². The highest BCUT2D eigenvalue weighted by Crippen LogP contribution is 2.39. The molecule has 2 aliphatic heterocycles. The molecule has 0 amide bonds. The normalized spacial score (nSPS) is 26.8. The highest BCUT2D eigenvalue weighted by atomic mass is 16.4. The second-order valence-corrected chi connectivity index (χ2v) is 3.97. The molecular weight excluding hydrogens is 166 g/mol. The van der Waals surface area contributed by atoms with E-state index in [9.17, 15) is 4.79 Å². The van der Waals surface area contributed by atoms with E-state index >= 15 is 0 Å². The first-order chi connectivity index (χ1) is 6.23. The summed E-state index contributed by atoms with van der Waals surface area (Å²) in [6.07, 6.45) is 7.90. The summed E-state index contributed by atoms with van der Waals surface area (Å²) >= 11 is 0. The van der Waals surface area contributed by atoms with Gasteiger partial charge in [0.05, 0.1) is 0 Å². The number of nitrogens with zero attached hydrogens (tertiary/aromatic N) is 1. The van der Waals surface area contributed by atoms with Crippen LogP contribution >= 0.6 is 0 Å². The SMILES string of the molecule is O=C(O)/C=C\C12CCCN1CCC2. The molecule has 2 heterocycles. The second kappa shape index (κ2) is 3.14. The monoisotopic (exact) mass is 181 g/mol. The number of aliphatic carboxylic acids is 1. The fraction of sp³-hybridized carbons (Fsp3) is 0.700. The third-order valence-electron chi connectivity index (χ3n) is 3.24. The summed E-state index contributed by atoms with van der Waals surface area (Å²) in [6.45, 7) is 2.29. The van der Waals surface area contributed by atoms with Crippen molar-refractivity contribution in [2.24, 2.45) is 0 Å². The Hall–Kier alpha value is -0.830. The number of hydrogen-bond acceptors (Lipinski definition) is 2. The Bertz CT molecular complexity index is 237. The highest BCUT2D eigenvalue weighted by Gasteiger charge is 2.41. The Labute approximate surface area is 78.0 Å². The van der Waals surface area contributed by atoms with Crippen LogP contribution in [0.3, 0.4) is 0 Å². The molecule has 1 N–H and O–H groups in total. The van der Waals surface area contributed by atoms with Gasteiger partial charge in [-0.1, -0.05) is 6.08 Å². The van der Waals surface area contributed by atoms with Crippen molar-refractivity contribution in [2.45, 2.75) is 31.2 Å². The molecule has 0 unspecified atom stereocenters. The summed E-state index contributed by atoms with van der Waals surface area (Å²) < 4.78 is 0. The van der Waals surface area contributed by atoms with Crippen LogP contribution < -0.4 is 0 Å². The van der Waals surface area contributed by atoms with Gasteiger partial charge in [-0.2, -0.15) is 0 Å². The Morgan fingerprint density at radius 1 is 1.31 bits per heavy atom. The molecule has 0 aromatic heterocycles. The van der Waals surface area contributed by atoms with E-state index in [0.717, 1.165) is 25.9 Å². The van der Waals surface area contributed by atoms with Crippen LogP contribution in [0.5, 0.6) is 0 Å². The van der Waals surface area contributed by atoms with Crippen molar-refractivity contribution in [3.8, 4) is 0 Å². The molecule has 2 rings (SSSR count). The molecule has 13 heavy (non-hydrogen) atoms. The smallest absolute Gasteiger partial charge is 0.328 e. The lowest BCUT2D eigenvalue weighted by molar-refractivity contribution is -0.131. The quantitative estimate of drug-likeness (QED) is 0.652. The van der Waals surface area contributed by atoms with Gasteiger partial charge < -0.3 is 5.11 Å². The molecule has 3 nitrogen and oxygen atoms in total. The molecule has 0 atom stereocenters. The molecule has 0 aliphatic carbocycles. The van der Waals surface area contributed by atoms with E-state index in [1.54, 1.807) is 0 Å². The molecule has 2 aliphatic rings. The number of fused-ring (bicyclic) bond motifs is 1. The van der Waals surface area contributed by atoms with Crippen molar-refractivity contribution in [2.75, 3.05) is 13.1 Å². The molecule has 2 fully saturated rings. The summed E-state index contributed by atoms with van der Waals surface area (Å²) in [5.74, 6) is -0.826. The fourth-order valence-corrected chi connectivity index (χ4v) is 2.65. The molecule has 2 saturated heterocycles. The van der Waals surface area contributed by atoms with E-state index in [-0.39, 0.29) is 5.54 Å². The minimum absolute atomic E-state index is 0.110.